The van der Waals surface area contributed by atoms with E-state index < -0.39 is 0 Å². The summed E-state index contributed by atoms with van der Waals surface area (Å²) >= 11 is 0. The number of nitrogens with one attached hydrogen (secondary N) is 1. The Morgan fingerprint density at radius 2 is 2.43 bits per heavy atom. The third kappa shape index (κ3) is 2.84. The third-order valence-electron chi connectivity index (χ3n) is 0.594. The molecule has 0 atom stereocenters. The highest BCUT2D eigenvalue weighted by atomic mass is 14.9. The van der Waals surface area contributed by atoms with E-state index in [2.05, 4.69) is 16.4 Å². The first-order chi connectivity index (χ1) is 3.31. The molecule has 0 unspecified atom stereocenters. The monoisotopic (exact) mass is 96.1 g/mol. The summed E-state index contributed by atoms with van der Waals surface area (Å²) < 4.78 is 0. The van der Waals surface area contributed by atoms with Gasteiger partial charge in [-0.3, -0.25) is 0 Å². The lowest BCUT2D eigenvalue weighted by Gasteiger charge is -1.89. The van der Waals surface area contributed by atoms with Gasteiger partial charge in [-0.25, -0.2) is 0 Å². The number of hydrogen-bond donors (Lipinski definition) is 1. The van der Waals surface area contributed by atoms with E-state index in [0.29, 0.717) is 0 Å². The summed E-state index contributed by atoms with van der Waals surface area (Å²) in [6.45, 7) is 1.81. The van der Waals surface area contributed by atoms with E-state index in [1.54, 1.807) is 14.0 Å². The lowest BCUT2D eigenvalue weighted by molar-refractivity contribution is 1.16. The molecule has 0 amide bonds. The lowest BCUT2D eigenvalue weighted by Crippen LogP contribution is -2.12. The summed E-state index contributed by atoms with van der Waals surface area (Å²) in [5.41, 5.74) is 0. The van der Waals surface area contributed by atoms with Crippen molar-refractivity contribution in [3.05, 3.63) is 0 Å². The highest BCUT2D eigenvalue weighted by molar-refractivity contribution is 5.80. The molecule has 0 aliphatic heterocycles. The maximum absolute atomic E-state index is 4.83. The predicted octanol–water partition coefficient (Wildman–Crippen LogP) is 0.215. The minimum Gasteiger partial charge on any atom is -0.376 e. The number of amidine groups is 1. The summed E-state index contributed by atoms with van der Waals surface area (Å²) in [6, 6.07) is 2.14. The molecule has 0 fully saturated rings. The molecule has 2 nitrogen and oxygen atoms in total. The van der Waals surface area contributed by atoms with Crippen LogP contribution in [-0.2, 0) is 0 Å². The van der Waals surface area contributed by atoms with E-state index in [0.717, 1.165) is 5.84 Å². The molecule has 0 aromatic heterocycles. The van der Waals surface area contributed by atoms with Crippen molar-refractivity contribution >= 4 is 5.84 Å². The van der Waals surface area contributed by atoms with E-state index in [1.807, 2.05) is 0 Å². The smallest absolute Gasteiger partial charge is 0.109 e. The molecular weight excluding hydrogens is 88.1 g/mol. The second-order valence-corrected chi connectivity index (χ2v) is 1.08. The van der Waals surface area contributed by atoms with Crippen LogP contribution in [0.4, 0.5) is 0 Å². The third-order valence-corrected chi connectivity index (χ3v) is 0.594. The van der Waals surface area contributed by atoms with E-state index in [1.165, 1.54) is 0 Å². The molecule has 0 rings (SSSR count). The number of rotatable bonds is 0. The Bertz CT molecular complexity index is 108. The van der Waals surface area contributed by atoms with Gasteiger partial charge in [-0.1, -0.05) is 6.42 Å². The molecule has 0 saturated heterocycles. The molecule has 0 saturated carbocycles. The van der Waals surface area contributed by atoms with Gasteiger partial charge < -0.3 is 5.32 Å². The lowest BCUT2D eigenvalue weighted by atomic mass is 10.7. The molecule has 2 heteroatoms. The Balaban J connectivity index is 3.56. The van der Waals surface area contributed by atoms with Gasteiger partial charge in [0.2, 0.25) is 0 Å². The average Bonchev–Trinajstić information content (AvgIpc) is 1.68. The van der Waals surface area contributed by atoms with E-state index in [4.69, 9.17) is 6.42 Å². The van der Waals surface area contributed by atoms with Crippen LogP contribution in [0.25, 0.3) is 0 Å². The topological polar surface area (TPSA) is 24.4 Å². The van der Waals surface area contributed by atoms with Crippen LogP contribution in [-0.4, -0.2) is 12.9 Å². The minimum absolute atomic E-state index is 0.766. The van der Waals surface area contributed by atoms with Gasteiger partial charge in [0.15, 0.2) is 0 Å². The fraction of sp³-hybridized carbons (Fsp3) is 0.400. The number of nitrogens with zero attached hydrogens (tertiary/aromatic N) is 1. The fourth-order valence-corrected chi connectivity index (χ4v) is 0.153. The normalized spacial score (nSPS) is 10.1. The van der Waals surface area contributed by atoms with Crippen LogP contribution in [0.3, 0.4) is 0 Å². The van der Waals surface area contributed by atoms with Gasteiger partial charge in [-0.15, -0.1) is 0 Å². The zero-order chi connectivity index (χ0) is 5.70. The van der Waals surface area contributed by atoms with Crippen LogP contribution in [0.2, 0.25) is 0 Å². The Labute approximate surface area is 43.6 Å². The van der Waals surface area contributed by atoms with E-state index >= 15 is 0 Å². The molecule has 0 aliphatic carbocycles. The summed E-state index contributed by atoms with van der Waals surface area (Å²) in [5, 5.41) is 2.77. The molecule has 0 spiro atoms. The van der Waals surface area contributed by atoms with Crippen LogP contribution in [0.1, 0.15) is 6.92 Å². The SMILES string of the molecule is C#C/N=C(/C)NC. The van der Waals surface area contributed by atoms with Crippen molar-refractivity contribution in [2.45, 2.75) is 6.92 Å². The largest absolute Gasteiger partial charge is 0.376 e. The molecule has 0 aliphatic rings. The fourth-order valence-electron chi connectivity index (χ4n) is 0.153. The quantitative estimate of drug-likeness (QED) is 0.260. The second kappa shape index (κ2) is 3.23. The summed E-state index contributed by atoms with van der Waals surface area (Å²) in [6.07, 6.45) is 4.83. The minimum atomic E-state index is 0.766. The van der Waals surface area contributed by atoms with Crippen LogP contribution < -0.4 is 5.32 Å². The summed E-state index contributed by atoms with van der Waals surface area (Å²) in [5.74, 6) is 0.766. The highest BCUT2D eigenvalue weighted by Crippen LogP contribution is 1.63. The summed E-state index contributed by atoms with van der Waals surface area (Å²) in [7, 11) is 1.77. The Kier molecular flexibility index (Phi) is 2.78. The average molecular weight is 96.1 g/mol. The Hall–Kier alpha value is -0.970. The highest BCUT2D eigenvalue weighted by Gasteiger charge is 1.74. The van der Waals surface area contributed by atoms with Crippen molar-refractivity contribution in [3.8, 4) is 12.5 Å². The molecular formula is C5H8N2. The maximum atomic E-state index is 4.83. The first kappa shape index (κ1) is 6.03. The first-order valence-corrected chi connectivity index (χ1v) is 1.99. The van der Waals surface area contributed by atoms with Gasteiger partial charge in [-0.05, 0) is 6.92 Å². The number of hydrogen-bond acceptors (Lipinski definition) is 1. The van der Waals surface area contributed by atoms with Crippen LogP contribution in [0.5, 0.6) is 0 Å². The van der Waals surface area contributed by atoms with Crippen molar-refractivity contribution in [2.75, 3.05) is 7.05 Å². The molecule has 0 aromatic carbocycles. The Morgan fingerprint density at radius 1 is 1.86 bits per heavy atom. The molecule has 1 N–H and O–H groups in total. The van der Waals surface area contributed by atoms with E-state index in [9.17, 15) is 0 Å². The van der Waals surface area contributed by atoms with Crippen LogP contribution >= 0.6 is 0 Å². The summed E-state index contributed by atoms with van der Waals surface area (Å²) in [4.78, 5) is 3.58. The van der Waals surface area contributed by atoms with Gasteiger partial charge in [0.05, 0.1) is 0 Å². The van der Waals surface area contributed by atoms with Gasteiger partial charge in [0, 0.05) is 13.1 Å². The molecule has 38 valence electrons. The van der Waals surface area contributed by atoms with Crippen LogP contribution in [0.15, 0.2) is 4.99 Å². The van der Waals surface area contributed by atoms with Gasteiger partial charge >= 0.3 is 0 Å². The van der Waals surface area contributed by atoms with Crippen molar-refractivity contribution in [2.24, 2.45) is 4.99 Å². The molecule has 0 aromatic rings. The zero-order valence-corrected chi connectivity index (χ0v) is 4.52. The van der Waals surface area contributed by atoms with Crippen molar-refractivity contribution in [1.82, 2.24) is 5.32 Å². The zero-order valence-electron chi connectivity index (χ0n) is 4.52. The van der Waals surface area contributed by atoms with Crippen LogP contribution in [0, 0.1) is 12.5 Å². The second-order valence-electron chi connectivity index (χ2n) is 1.08. The van der Waals surface area contributed by atoms with Gasteiger partial charge in [0.25, 0.3) is 0 Å². The predicted molar refractivity (Wildman–Crippen MR) is 31.0 cm³/mol. The van der Waals surface area contributed by atoms with Crippen molar-refractivity contribution in [3.63, 3.8) is 0 Å². The maximum Gasteiger partial charge on any atom is 0.109 e. The van der Waals surface area contributed by atoms with Gasteiger partial charge in [-0.2, -0.15) is 4.99 Å². The van der Waals surface area contributed by atoms with E-state index in [-0.39, 0.29) is 0 Å². The number of terminal acetylenes is 1. The molecule has 7 heavy (non-hydrogen) atoms. The van der Waals surface area contributed by atoms with Crippen molar-refractivity contribution in [1.29, 1.82) is 0 Å². The van der Waals surface area contributed by atoms with Crippen molar-refractivity contribution < 1.29 is 0 Å². The molecule has 0 bridgehead atoms. The standard InChI is InChI=1S/C5H8N2/c1-4-7-5(2)6-3/h1H,2-3H3,(H,6,7). The molecule has 0 radical (unpaired) electrons. The Morgan fingerprint density at radius 3 is 2.57 bits per heavy atom. The van der Waals surface area contributed by atoms with Gasteiger partial charge in [0.1, 0.15) is 5.84 Å². The number of aliphatic imine (C=N–C) groups is 1. The first-order valence-electron chi connectivity index (χ1n) is 1.99. The molecule has 0 heterocycles.